The molecule has 0 saturated heterocycles. The van der Waals surface area contributed by atoms with Crippen LogP contribution in [0.15, 0.2) is 134 Å². The van der Waals surface area contributed by atoms with E-state index < -0.39 is 24.3 Å². The van der Waals surface area contributed by atoms with Crippen molar-refractivity contribution >= 4 is 17.9 Å². The van der Waals surface area contributed by atoms with Gasteiger partial charge >= 0.3 is 11.9 Å². The summed E-state index contributed by atoms with van der Waals surface area (Å²) in [5.74, 6) is -2.27. The van der Waals surface area contributed by atoms with Crippen LogP contribution in [-0.4, -0.2) is 82.3 Å². The third-order valence-electron chi connectivity index (χ3n) is 17.4. The quantitative estimate of drug-likeness (QED) is 0.0195. The van der Waals surface area contributed by atoms with E-state index in [4.69, 9.17) is 18.9 Å². The molecule has 0 amide bonds. The number of nitrogens with zero attached hydrogens (tertiary/aromatic N) is 1. The number of hydrogen-bond donors (Lipinski definition) is 0. The standard InChI is InChI=1S/C88H151NO8/c1-6-8-10-12-14-16-18-20-22-24-26-28-30-32-34-36-38-40-42-43-45-46-48-50-52-54-56-58-60-62-64-66-68-70-72-74-76-78-85(90)95-82-84(83-96-88(87(92)93)94-81-80-89(3,4)5)97-86(91)79-77-75-73-71-69-67-65-63-61-59-57-55-53-51-49-47-44-41-39-37-35-33-31-29-27-25-23-21-19-17-15-13-11-9-7-2/h8-11,14-17,20-23,26-29,32-35,39,41,84,88H,6-7,12-13,18-19,24-25,30-31,36-38,40,42-83H2,1-5H3/b10-8-,11-9-,16-14-,17-15-,22-20-,23-21-,28-26-,29-27-,34-32-,35-33-,41-39-. The fourth-order valence-corrected chi connectivity index (χ4v) is 11.3. The van der Waals surface area contributed by atoms with E-state index in [1.165, 1.54) is 205 Å². The van der Waals surface area contributed by atoms with Gasteiger partial charge in [0.1, 0.15) is 13.2 Å². The molecule has 0 aliphatic heterocycles. The van der Waals surface area contributed by atoms with E-state index in [2.05, 4.69) is 148 Å². The fraction of sp³-hybridized carbons (Fsp3) is 0.716. The van der Waals surface area contributed by atoms with Crippen molar-refractivity contribution in [1.82, 2.24) is 0 Å². The van der Waals surface area contributed by atoms with Gasteiger partial charge in [0, 0.05) is 12.8 Å². The number of ether oxygens (including phenoxy) is 4. The van der Waals surface area contributed by atoms with Crippen LogP contribution in [0.1, 0.15) is 348 Å². The summed E-state index contributed by atoms with van der Waals surface area (Å²) in [6, 6.07) is 0. The number of carbonyl (C=O) groups excluding carboxylic acids is 3. The normalized spacial score (nSPS) is 13.4. The number of likely N-dealkylation sites (N-methyl/N-ethyl adjacent to an activating group) is 1. The first-order chi connectivity index (χ1) is 47.6. The Labute approximate surface area is 599 Å². The topological polar surface area (TPSA) is 111 Å². The summed E-state index contributed by atoms with van der Waals surface area (Å²) >= 11 is 0. The largest absolute Gasteiger partial charge is 0.545 e. The van der Waals surface area contributed by atoms with Gasteiger partial charge in [-0.25, -0.2) is 0 Å². The monoisotopic (exact) mass is 1350 g/mol. The lowest BCUT2D eigenvalue weighted by Gasteiger charge is -2.26. The molecule has 97 heavy (non-hydrogen) atoms. The van der Waals surface area contributed by atoms with Crippen LogP contribution in [0.2, 0.25) is 0 Å². The Morgan fingerprint density at radius 3 is 0.825 bits per heavy atom. The number of carbonyl (C=O) groups is 3. The Balaban J connectivity index is 4.01. The first kappa shape index (κ1) is 92.4. The highest BCUT2D eigenvalue weighted by Gasteiger charge is 2.22. The molecule has 0 N–H and O–H groups in total. The molecule has 0 aromatic heterocycles. The molecule has 0 aliphatic carbocycles. The van der Waals surface area contributed by atoms with Crippen LogP contribution in [0, 0.1) is 0 Å². The lowest BCUT2D eigenvalue weighted by Crippen LogP contribution is -2.44. The van der Waals surface area contributed by atoms with Gasteiger partial charge in [0.25, 0.3) is 0 Å². The van der Waals surface area contributed by atoms with Crippen LogP contribution in [0.25, 0.3) is 0 Å². The van der Waals surface area contributed by atoms with E-state index in [0.717, 1.165) is 109 Å². The summed E-state index contributed by atoms with van der Waals surface area (Å²) in [4.78, 5) is 37.6. The molecule has 9 heteroatoms. The Hall–Kier alpha value is -4.57. The zero-order chi connectivity index (χ0) is 70.4. The number of carboxylic acids is 1. The van der Waals surface area contributed by atoms with Gasteiger partial charge in [-0.15, -0.1) is 0 Å². The smallest absolute Gasteiger partial charge is 0.306 e. The van der Waals surface area contributed by atoms with Gasteiger partial charge in [-0.05, 0) is 109 Å². The highest BCUT2D eigenvalue weighted by molar-refractivity contribution is 5.70. The van der Waals surface area contributed by atoms with E-state index in [1.54, 1.807) is 0 Å². The lowest BCUT2D eigenvalue weighted by atomic mass is 10.0. The molecule has 0 fully saturated rings. The van der Waals surface area contributed by atoms with Crippen LogP contribution >= 0.6 is 0 Å². The molecule has 2 unspecified atom stereocenters. The molecule has 0 aliphatic rings. The molecular formula is C88H151NO8. The van der Waals surface area contributed by atoms with Crippen molar-refractivity contribution in [2.75, 3.05) is 47.5 Å². The maximum absolute atomic E-state index is 13.0. The average Bonchev–Trinajstić information content (AvgIpc) is 3.74. The Morgan fingerprint density at radius 1 is 0.309 bits per heavy atom. The highest BCUT2D eigenvalue weighted by Crippen LogP contribution is 2.19. The summed E-state index contributed by atoms with van der Waals surface area (Å²) < 4.78 is 22.9. The van der Waals surface area contributed by atoms with Gasteiger partial charge in [0.2, 0.25) is 0 Å². The van der Waals surface area contributed by atoms with Crippen molar-refractivity contribution in [2.45, 2.75) is 360 Å². The molecule has 0 aromatic carbocycles. The number of quaternary nitrogens is 1. The second kappa shape index (κ2) is 77.2. The van der Waals surface area contributed by atoms with Gasteiger partial charge < -0.3 is 33.3 Å². The van der Waals surface area contributed by atoms with Gasteiger partial charge in [-0.2, -0.15) is 0 Å². The SMILES string of the molecule is CC/C=C\C/C=C\C/C=C\C/C=C\C/C=C\C/C=C\CCCCCCCCCCCCCCCCCCC(=O)OC(COC(=O)CCCCCCCCCCCCCCCCCCCCCCC/C=C\C/C=C\C/C=C\C/C=C\C/C=C\CC)COC(OCC[N+](C)(C)C)C(=O)[O-]. The van der Waals surface area contributed by atoms with E-state index >= 15 is 0 Å². The van der Waals surface area contributed by atoms with Crippen molar-refractivity contribution in [1.29, 1.82) is 0 Å². The molecule has 0 rings (SSSR count). The first-order valence-corrected chi connectivity index (χ1v) is 40.3. The Bertz CT molecular complexity index is 2060. The molecule has 0 bridgehead atoms. The van der Waals surface area contributed by atoms with Gasteiger partial charge in [0.05, 0.1) is 40.3 Å². The van der Waals surface area contributed by atoms with Gasteiger partial charge in [-0.3, -0.25) is 9.59 Å². The molecule has 0 saturated carbocycles. The maximum atomic E-state index is 13.0. The van der Waals surface area contributed by atoms with E-state index in [1.807, 2.05) is 21.1 Å². The molecule has 9 nitrogen and oxygen atoms in total. The molecule has 0 aromatic rings. The van der Waals surface area contributed by atoms with E-state index in [-0.39, 0.29) is 32.2 Å². The summed E-state index contributed by atoms with van der Waals surface area (Å²) in [6.07, 6.45) is 109. The highest BCUT2D eigenvalue weighted by atomic mass is 16.7. The molecular weight excluding hydrogens is 1200 g/mol. The predicted molar refractivity (Wildman–Crippen MR) is 416 cm³/mol. The van der Waals surface area contributed by atoms with Crippen LogP contribution < -0.4 is 5.11 Å². The number of esters is 2. The maximum Gasteiger partial charge on any atom is 0.306 e. The van der Waals surface area contributed by atoms with Crippen molar-refractivity contribution in [3.05, 3.63) is 134 Å². The molecule has 2 atom stereocenters. The minimum absolute atomic E-state index is 0.145. The number of aliphatic carboxylic acids is 1. The number of unbranched alkanes of at least 4 members (excludes halogenated alkanes) is 37. The second-order valence-corrected chi connectivity index (χ2v) is 27.9. The van der Waals surface area contributed by atoms with Crippen molar-refractivity contribution in [3.8, 4) is 0 Å². The van der Waals surface area contributed by atoms with Crippen LogP contribution in [0.3, 0.4) is 0 Å². The number of rotatable bonds is 74. The van der Waals surface area contributed by atoms with Crippen molar-refractivity contribution in [3.63, 3.8) is 0 Å². The Morgan fingerprint density at radius 2 is 0.557 bits per heavy atom. The third kappa shape index (κ3) is 78.6. The lowest BCUT2D eigenvalue weighted by molar-refractivity contribution is -0.870. The van der Waals surface area contributed by atoms with Crippen molar-refractivity contribution < 1.29 is 42.9 Å². The summed E-state index contributed by atoms with van der Waals surface area (Å²) in [5, 5.41) is 11.9. The zero-order valence-electron chi connectivity index (χ0n) is 63.7. The number of carboxylic acid groups (broad SMARTS) is 1. The first-order valence-electron chi connectivity index (χ1n) is 40.3. The average molecular weight is 1350 g/mol. The molecule has 0 spiro atoms. The third-order valence-corrected chi connectivity index (χ3v) is 17.4. The van der Waals surface area contributed by atoms with Crippen LogP contribution in [-0.2, 0) is 33.3 Å². The van der Waals surface area contributed by atoms with E-state index in [9.17, 15) is 19.5 Å². The van der Waals surface area contributed by atoms with Crippen LogP contribution in [0.5, 0.6) is 0 Å². The van der Waals surface area contributed by atoms with Gasteiger partial charge in [-0.1, -0.05) is 359 Å². The minimum Gasteiger partial charge on any atom is -0.545 e. The zero-order valence-corrected chi connectivity index (χ0v) is 63.7. The van der Waals surface area contributed by atoms with Crippen LogP contribution in [0.4, 0.5) is 0 Å². The van der Waals surface area contributed by atoms with Gasteiger partial charge in [0.15, 0.2) is 12.4 Å². The second-order valence-electron chi connectivity index (χ2n) is 27.9. The fourth-order valence-electron chi connectivity index (χ4n) is 11.3. The molecule has 556 valence electrons. The summed E-state index contributed by atoms with van der Waals surface area (Å²) in [7, 11) is 5.94. The summed E-state index contributed by atoms with van der Waals surface area (Å²) in [5.41, 5.74) is 0. The minimum atomic E-state index is -1.63. The molecule has 0 radical (unpaired) electrons. The summed E-state index contributed by atoms with van der Waals surface area (Å²) in [6.45, 7) is 4.56. The number of allylic oxidation sites excluding steroid dienone is 22. The molecule has 0 heterocycles. The predicted octanol–water partition coefficient (Wildman–Crippen LogP) is 24.7. The Kier molecular flexibility index (Phi) is 73.5. The number of hydrogen-bond acceptors (Lipinski definition) is 8. The van der Waals surface area contributed by atoms with Crippen molar-refractivity contribution in [2.24, 2.45) is 0 Å². The van der Waals surface area contributed by atoms with E-state index in [0.29, 0.717) is 23.9 Å².